The summed E-state index contributed by atoms with van der Waals surface area (Å²) in [5, 5.41) is 1.11. The first kappa shape index (κ1) is 30.0. The Labute approximate surface area is 310 Å². The minimum atomic E-state index is -0.532. The highest BCUT2D eigenvalue weighted by Crippen LogP contribution is 2.56. The number of hydrogen-bond donors (Lipinski definition) is 1. The van der Waals surface area contributed by atoms with E-state index in [4.69, 9.17) is 15.0 Å². The number of rotatable bonds is 4. The molecule has 1 spiro atoms. The summed E-state index contributed by atoms with van der Waals surface area (Å²) in [7, 11) is 0. The molecule has 53 heavy (non-hydrogen) atoms. The van der Waals surface area contributed by atoms with E-state index in [9.17, 15) is 0 Å². The molecule has 0 amide bonds. The molecule has 0 radical (unpaired) electrons. The highest BCUT2D eigenvalue weighted by atomic mass is 32.2. The number of benzene rings is 7. The van der Waals surface area contributed by atoms with E-state index in [-0.39, 0.29) is 0 Å². The van der Waals surface area contributed by atoms with Gasteiger partial charge in [-0.3, -0.25) is 0 Å². The average molecular weight is 697 g/mol. The lowest BCUT2D eigenvalue weighted by atomic mass is 9.79. The van der Waals surface area contributed by atoms with Gasteiger partial charge >= 0.3 is 5.16 Å². The smallest absolute Gasteiger partial charge is 0.231 e. The van der Waals surface area contributed by atoms with Crippen LogP contribution in [0.2, 0.25) is 0 Å². The third-order valence-electron chi connectivity index (χ3n) is 10.6. The molecular formula is C47H30N5S+. The van der Waals surface area contributed by atoms with E-state index < -0.39 is 5.54 Å². The molecule has 1 aliphatic heterocycles. The molecular weight excluding hydrogens is 667 g/mol. The molecule has 6 heteroatoms. The van der Waals surface area contributed by atoms with E-state index in [1.165, 1.54) is 38.2 Å². The fourth-order valence-electron chi connectivity index (χ4n) is 8.29. The van der Waals surface area contributed by atoms with Crippen molar-refractivity contribution in [1.29, 1.82) is 0 Å². The Balaban J connectivity index is 1.09. The van der Waals surface area contributed by atoms with Gasteiger partial charge in [0.2, 0.25) is 0 Å². The minimum Gasteiger partial charge on any atom is -0.231 e. The van der Waals surface area contributed by atoms with Gasteiger partial charge in [-0.1, -0.05) is 152 Å². The number of imidazole rings is 1. The first-order valence-electron chi connectivity index (χ1n) is 17.8. The van der Waals surface area contributed by atoms with Crippen LogP contribution in [0.25, 0.3) is 67.5 Å². The number of aromatic nitrogens is 5. The van der Waals surface area contributed by atoms with Crippen molar-refractivity contribution in [3.63, 3.8) is 0 Å². The van der Waals surface area contributed by atoms with E-state index in [0.717, 1.165) is 38.5 Å². The predicted octanol–water partition coefficient (Wildman–Crippen LogP) is 10.6. The molecule has 5 nitrogen and oxygen atoms in total. The van der Waals surface area contributed by atoms with Gasteiger partial charge in [-0.2, -0.15) is 4.57 Å². The summed E-state index contributed by atoms with van der Waals surface area (Å²) >= 11 is 1.80. The van der Waals surface area contributed by atoms with Crippen molar-refractivity contribution >= 4 is 22.8 Å². The van der Waals surface area contributed by atoms with Crippen LogP contribution in [-0.4, -0.2) is 19.9 Å². The number of nitrogens with one attached hydrogen (secondary N) is 1. The molecule has 0 saturated heterocycles. The van der Waals surface area contributed by atoms with Gasteiger partial charge in [0.25, 0.3) is 0 Å². The van der Waals surface area contributed by atoms with Crippen molar-refractivity contribution in [1.82, 2.24) is 19.9 Å². The molecule has 2 aliphatic rings. The number of para-hydroxylation sites is 2. The van der Waals surface area contributed by atoms with Gasteiger partial charge in [0.15, 0.2) is 34.0 Å². The van der Waals surface area contributed by atoms with Crippen molar-refractivity contribution in [2.45, 2.75) is 15.6 Å². The van der Waals surface area contributed by atoms with Crippen LogP contribution >= 0.6 is 11.8 Å². The second-order valence-electron chi connectivity index (χ2n) is 13.5. The maximum atomic E-state index is 5.01. The SMILES string of the molecule is c1ccc(-c2nc(-c3ccccc3)nc(-c3cccc(-c4ccc5c(c4)Sc4[nH]c6ccccc6[n+]4C54c5ccccc5-c5ccccc54)c3)n2)cc1. The Hall–Kier alpha value is -6.63. The van der Waals surface area contributed by atoms with Crippen molar-refractivity contribution in [3.8, 4) is 56.4 Å². The fourth-order valence-corrected chi connectivity index (χ4v) is 9.49. The van der Waals surface area contributed by atoms with Crippen molar-refractivity contribution < 1.29 is 4.57 Å². The van der Waals surface area contributed by atoms with E-state index in [0.29, 0.717) is 17.5 Å². The lowest BCUT2D eigenvalue weighted by Gasteiger charge is -2.35. The molecule has 0 fully saturated rings. The first-order chi connectivity index (χ1) is 26.3. The molecule has 2 aromatic heterocycles. The Kier molecular flexibility index (Phi) is 6.63. The quantitative estimate of drug-likeness (QED) is 0.186. The van der Waals surface area contributed by atoms with Gasteiger partial charge in [0.05, 0.1) is 0 Å². The normalized spacial score (nSPS) is 13.4. The van der Waals surface area contributed by atoms with Crippen LogP contribution in [0.5, 0.6) is 0 Å². The summed E-state index contributed by atoms with van der Waals surface area (Å²) in [6.45, 7) is 0. The molecule has 1 N–H and O–H groups in total. The standard InChI is InChI=1S/C47H29N5S/c1-3-14-30(15-4-1)43-49-44(31-16-5-2-6-17-31)51-45(50-43)34-19-13-18-32(28-34)33-26-27-39-42(29-33)53-46-48-40-24-11-12-25-41(40)52(46)47(39)37-22-9-7-20-35(37)36-21-8-10-23-38(36)47/h1-29H/p+1. The summed E-state index contributed by atoms with van der Waals surface area (Å²) in [4.78, 5) is 19.9. The zero-order valence-electron chi connectivity index (χ0n) is 28.4. The molecule has 11 rings (SSSR count). The zero-order chi connectivity index (χ0) is 34.9. The van der Waals surface area contributed by atoms with Crippen LogP contribution in [0, 0.1) is 0 Å². The van der Waals surface area contributed by atoms with Crippen LogP contribution in [0.15, 0.2) is 186 Å². The van der Waals surface area contributed by atoms with Crippen LogP contribution in [-0.2, 0) is 5.54 Å². The lowest BCUT2D eigenvalue weighted by molar-refractivity contribution is -0.746. The molecule has 0 bridgehead atoms. The third kappa shape index (κ3) is 4.52. The third-order valence-corrected chi connectivity index (χ3v) is 11.6. The zero-order valence-corrected chi connectivity index (χ0v) is 29.3. The molecule has 0 unspecified atom stereocenters. The Bertz CT molecular complexity index is 2780. The summed E-state index contributed by atoms with van der Waals surface area (Å²) in [6, 6.07) is 62.3. The molecule has 3 heterocycles. The van der Waals surface area contributed by atoms with Crippen molar-refractivity contribution in [2.75, 3.05) is 0 Å². The second kappa shape index (κ2) is 11.7. The maximum absolute atomic E-state index is 5.01. The monoisotopic (exact) mass is 696 g/mol. The topological polar surface area (TPSA) is 58.3 Å². The molecule has 9 aromatic rings. The van der Waals surface area contributed by atoms with Crippen LogP contribution in [0.4, 0.5) is 0 Å². The molecule has 7 aromatic carbocycles. The predicted molar refractivity (Wildman–Crippen MR) is 211 cm³/mol. The number of aromatic amines is 1. The van der Waals surface area contributed by atoms with Gasteiger partial charge < -0.3 is 0 Å². The van der Waals surface area contributed by atoms with Crippen molar-refractivity contribution in [2.24, 2.45) is 0 Å². The highest BCUT2D eigenvalue weighted by molar-refractivity contribution is 7.99. The lowest BCUT2D eigenvalue weighted by Crippen LogP contribution is -2.59. The van der Waals surface area contributed by atoms with Gasteiger partial charge in [0.1, 0.15) is 0 Å². The second-order valence-corrected chi connectivity index (χ2v) is 14.5. The van der Waals surface area contributed by atoms with E-state index in [1.54, 1.807) is 11.8 Å². The number of nitrogens with zero attached hydrogens (tertiary/aromatic N) is 4. The first-order valence-corrected chi connectivity index (χ1v) is 18.6. The van der Waals surface area contributed by atoms with Crippen LogP contribution in [0.1, 0.15) is 16.7 Å². The average Bonchev–Trinajstić information content (AvgIpc) is 3.75. The summed E-state index contributed by atoms with van der Waals surface area (Å²) in [5.41, 5.74) is 13.3. The number of hydrogen-bond acceptors (Lipinski definition) is 4. The van der Waals surface area contributed by atoms with Gasteiger partial charge in [-0.05, 0) is 58.3 Å². The molecule has 1 aliphatic carbocycles. The highest BCUT2D eigenvalue weighted by Gasteiger charge is 2.55. The van der Waals surface area contributed by atoms with Crippen molar-refractivity contribution in [3.05, 3.63) is 193 Å². The Morgan fingerprint density at radius 1 is 0.434 bits per heavy atom. The number of fused-ring (bicyclic) bond motifs is 11. The molecule has 0 atom stereocenters. The van der Waals surface area contributed by atoms with E-state index in [2.05, 4.69) is 125 Å². The van der Waals surface area contributed by atoms with Gasteiger partial charge in [-0.25, -0.2) is 19.9 Å². The maximum Gasteiger partial charge on any atom is 0.322 e. The minimum absolute atomic E-state index is 0.532. The number of H-pyrrole nitrogens is 1. The molecule has 0 saturated carbocycles. The summed E-state index contributed by atoms with van der Waals surface area (Å²) in [5.74, 6) is 1.95. The fraction of sp³-hybridized carbons (Fsp3) is 0.0213. The van der Waals surface area contributed by atoms with E-state index >= 15 is 0 Å². The van der Waals surface area contributed by atoms with Crippen LogP contribution in [0.3, 0.4) is 0 Å². The van der Waals surface area contributed by atoms with Crippen LogP contribution < -0.4 is 4.57 Å². The summed E-state index contributed by atoms with van der Waals surface area (Å²) < 4.78 is 2.54. The largest absolute Gasteiger partial charge is 0.322 e. The Morgan fingerprint density at radius 3 is 1.64 bits per heavy atom. The summed E-state index contributed by atoms with van der Waals surface area (Å²) in [6.07, 6.45) is 0. The Morgan fingerprint density at radius 2 is 0.962 bits per heavy atom. The van der Waals surface area contributed by atoms with Gasteiger partial charge in [-0.15, -0.1) is 0 Å². The van der Waals surface area contributed by atoms with Gasteiger partial charge in [0, 0.05) is 38.3 Å². The molecule has 248 valence electrons. The van der Waals surface area contributed by atoms with E-state index in [1.807, 2.05) is 60.7 Å².